The number of hydrogen-bond acceptors (Lipinski definition) is 4. The first-order valence-electron chi connectivity index (χ1n) is 4.76. The van der Waals surface area contributed by atoms with E-state index in [0.717, 1.165) is 5.56 Å². The molecule has 4 nitrogen and oxygen atoms in total. The average Bonchev–Trinajstić information content (AvgIpc) is 2.27. The van der Waals surface area contributed by atoms with Crippen LogP contribution in [0.1, 0.15) is 5.56 Å². The van der Waals surface area contributed by atoms with Crippen molar-refractivity contribution >= 4 is 17.3 Å². The number of aryl methyl sites for hydroxylation is 1. The fourth-order valence-corrected chi connectivity index (χ4v) is 1.28. The molecule has 0 fully saturated rings. The first-order valence-corrected chi connectivity index (χ1v) is 4.76. The van der Waals surface area contributed by atoms with Gasteiger partial charge in [-0.25, -0.2) is 14.4 Å². The molecule has 0 spiro atoms. The average molecular weight is 218 g/mol. The second kappa shape index (κ2) is 4.14. The van der Waals surface area contributed by atoms with E-state index in [1.54, 1.807) is 12.1 Å². The summed E-state index contributed by atoms with van der Waals surface area (Å²) in [6, 6.07) is 4.81. The lowest BCUT2D eigenvalue weighted by Gasteiger charge is -2.07. The zero-order valence-corrected chi connectivity index (χ0v) is 8.74. The Morgan fingerprint density at radius 3 is 2.75 bits per heavy atom. The molecule has 0 radical (unpaired) electrons. The normalized spacial score (nSPS) is 10.1. The predicted octanol–water partition coefficient (Wildman–Crippen LogP) is 2.25. The summed E-state index contributed by atoms with van der Waals surface area (Å²) in [4.78, 5) is 7.84. The molecule has 16 heavy (non-hydrogen) atoms. The first kappa shape index (κ1) is 10.4. The number of rotatable bonds is 2. The molecule has 3 N–H and O–H groups in total. The van der Waals surface area contributed by atoms with Crippen molar-refractivity contribution in [2.45, 2.75) is 6.92 Å². The van der Waals surface area contributed by atoms with Gasteiger partial charge in [0.2, 0.25) is 0 Å². The maximum atomic E-state index is 13.4. The second-order valence-corrected chi connectivity index (χ2v) is 3.43. The quantitative estimate of drug-likeness (QED) is 0.811. The van der Waals surface area contributed by atoms with Crippen molar-refractivity contribution in [3.05, 3.63) is 42.0 Å². The van der Waals surface area contributed by atoms with Crippen LogP contribution in [0.15, 0.2) is 30.6 Å². The molecule has 0 aliphatic heterocycles. The van der Waals surface area contributed by atoms with Gasteiger partial charge in [0.05, 0.1) is 18.1 Å². The molecule has 0 atom stereocenters. The van der Waals surface area contributed by atoms with Crippen molar-refractivity contribution in [3.8, 4) is 0 Å². The van der Waals surface area contributed by atoms with E-state index in [9.17, 15) is 4.39 Å². The van der Waals surface area contributed by atoms with E-state index in [4.69, 9.17) is 5.73 Å². The predicted molar refractivity (Wildman–Crippen MR) is 60.9 cm³/mol. The van der Waals surface area contributed by atoms with E-state index in [0.29, 0.717) is 17.3 Å². The number of hydrogen-bond donors (Lipinski definition) is 2. The summed E-state index contributed by atoms with van der Waals surface area (Å²) in [6.45, 7) is 1.89. The number of halogens is 1. The summed E-state index contributed by atoms with van der Waals surface area (Å²) >= 11 is 0. The zero-order valence-electron chi connectivity index (χ0n) is 8.74. The third-order valence-corrected chi connectivity index (χ3v) is 2.06. The van der Waals surface area contributed by atoms with Gasteiger partial charge in [0.25, 0.3) is 0 Å². The molecule has 0 bridgehead atoms. The van der Waals surface area contributed by atoms with E-state index in [-0.39, 0.29) is 5.82 Å². The van der Waals surface area contributed by atoms with Gasteiger partial charge in [-0.3, -0.25) is 0 Å². The Bertz CT molecular complexity index is 496. The number of nitrogens with two attached hydrogens (primary N) is 1. The van der Waals surface area contributed by atoms with Crippen molar-refractivity contribution in [1.29, 1.82) is 0 Å². The molecular formula is C11H11FN4. The lowest BCUT2D eigenvalue weighted by Crippen LogP contribution is -1.99. The molecule has 82 valence electrons. The molecule has 1 aromatic heterocycles. The van der Waals surface area contributed by atoms with Gasteiger partial charge in [0, 0.05) is 0 Å². The van der Waals surface area contributed by atoms with Crippen LogP contribution in [0.25, 0.3) is 0 Å². The Kier molecular flexibility index (Phi) is 2.68. The molecule has 0 aliphatic carbocycles. The fourth-order valence-electron chi connectivity index (χ4n) is 1.28. The number of anilines is 3. The van der Waals surface area contributed by atoms with E-state index in [2.05, 4.69) is 15.3 Å². The van der Waals surface area contributed by atoms with Crippen LogP contribution in [0.5, 0.6) is 0 Å². The van der Waals surface area contributed by atoms with Crippen LogP contribution in [0.4, 0.5) is 21.7 Å². The lowest BCUT2D eigenvalue weighted by atomic mass is 10.2. The summed E-state index contributed by atoms with van der Waals surface area (Å²) in [7, 11) is 0. The van der Waals surface area contributed by atoms with Gasteiger partial charge in [0.15, 0.2) is 0 Å². The monoisotopic (exact) mass is 218 g/mol. The maximum absolute atomic E-state index is 13.4. The van der Waals surface area contributed by atoms with Gasteiger partial charge in [-0.05, 0) is 24.6 Å². The van der Waals surface area contributed by atoms with E-state index < -0.39 is 0 Å². The Labute approximate surface area is 92.3 Å². The highest BCUT2D eigenvalue weighted by molar-refractivity contribution is 5.57. The van der Waals surface area contributed by atoms with E-state index in [1.807, 2.05) is 6.92 Å². The van der Waals surface area contributed by atoms with Gasteiger partial charge in [-0.1, -0.05) is 6.07 Å². The van der Waals surface area contributed by atoms with Gasteiger partial charge >= 0.3 is 0 Å². The van der Waals surface area contributed by atoms with Gasteiger partial charge in [-0.15, -0.1) is 0 Å². The minimum atomic E-state index is -0.329. The fraction of sp³-hybridized carbons (Fsp3) is 0.0909. The number of aromatic nitrogens is 2. The van der Waals surface area contributed by atoms with Crippen LogP contribution in [-0.2, 0) is 0 Å². The van der Waals surface area contributed by atoms with Crippen LogP contribution >= 0.6 is 0 Å². The molecule has 1 aromatic carbocycles. The third kappa shape index (κ3) is 2.25. The van der Waals surface area contributed by atoms with Crippen LogP contribution in [-0.4, -0.2) is 9.97 Å². The molecule has 2 aromatic rings. The number of nitrogens with one attached hydrogen (secondary N) is 1. The second-order valence-electron chi connectivity index (χ2n) is 3.43. The highest BCUT2D eigenvalue weighted by Crippen LogP contribution is 2.19. The molecule has 5 heteroatoms. The summed E-state index contributed by atoms with van der Waals surface area (Å²) in [5.41, 5.74) is 6.74. The van der Waals surface area contributed by atoms with Crippen molar-refractivity contribution in [2.24, 2.45) is 0 Å². The Morgan fingerprint density at radius 2 is 2.06 bits per heavy atom. The number of benzene rings is 1. The molecule has 0 aliphatic rings. The first-order chi connectivity index (χ1) is 7.65. The van der Waals surface area contributed by atoms with Crippen LogP contribution < -0.4 is 11.1 Å². The van der Waals surface area contributed by atoms with Gasteiger partial charge < -0.3 is 11.1 Å². The zero-order chi connectivity index (χ0) is 11.5. The molecular weight excluding hydrogens is 207 g/mol. The highest BCUT2D eigenvalue weighted by atomic mass is 19.1. The minimum absolute atomic E-state index is 0.329. The van der Waals surface area contributed by atoms with Gasteiger partial charge in [-0.2, -0.15) is 0 Å². The Balaban J connectivity index is 2.26. The summed E-state index contributed by atoms with van der Waals surface area (Å²) in [6.07, 6.45) is 2.87. The Morgan fingerprint density at radius 1 is 1.25 bits per heavy atom. The maximum Gasteiger partial charge on any atom is 0.149 e. The smallest absolute Gasteiger partial charge is 0.149 e. The van der Waals surface area contributed by atoms with Crippen molar-refractivity contribution in [2.75, 3.05) is 11.1 Å². The number of nitrogens with zero attached hydrogens (tertiary/aromatic N) is 2. The lowest BCUT2D eigenvalue weighted by molar-refractivity contribution is 0.631. The highest BCUT2D eigenvalue weighted by Gasteiger charge is 2.03. The SMILES string of the molecule is Cc1ccc(F)c(Nc2cnc(N)cn2)c1. The topological polar surface area (TPSA) is 63.8 Å². The molecule has 0 saturated heterocycles. The molecule has 1 heterocycles. The summed E-state index contributed by atoms with van der Waals surface area (Å²) in [5.74, 6) is 0.457. The van der Waals surface area contributed by atoms with Crippen LogP contribution in [0.2, 0.25) is 0 Å². The number of nitrogen functional groups attached to an aromatic ring is 1. The molecule has 2 rings (SSSR count). The molecule has 0 unspecified atom stereocenters. The largest absolute Gasteiger partial charge is 0.382 e. The van der Waals surface area contributed by atoms with Crippen LogP contribution in [0, 0.1) is 12.7 Å². The standard InChI is InChI=1S/C11H11FN4/c1-7-2-3-8(12)9(4-7)16-11-6-14-10(13)5-15-11/h2-6H,1H3,(H2,13,14)(H,15,16). The van der Waals surface area contributed by atoms with Gasteiger partial charge in [0.1, 0.15) is 17.5 Å². The van der Waals surface area contributed by atoms with E-state index in [1.165, 1.54) is 18.5 Å². The molecule has 0 amide bonds. The van der Waals surface area contributed by atoms with Crippen molar-refractivity contribution in [3.63, 3.8) is 0 Å². The third-order valence-electron chi connectivity index (χ3n) is 2.06. The summed E-state index contributed by atoms with van der Waals surface area (Å²) < 4.78 is 13.4. The van der Waals surface area contributed by atoms with Crippen molar-refractivity contribution in [1.82, 2.24) is 9.97 Å². The molecule has 0 saturated carbocycles. The summed E-state index contributed by atoms with van der Waals surface area (Å²) in [5, 5.41) is 2.84. The van der Waals surface area contributed by atoms with E-state index >= 15 is 0 Å². The van der Waals surface area contributed by atoms with Crippen LogP contribution in [0.3, 0.4) is 0 Å². The minimum Gasteiger partial charge on any atom is -0.382 e. The Hall–Kier alpha value is -2.17. The van der Waals surface area contributed by atoms with Crippen molar-refractivity contribution < 1.29 is 4.39 Å².